The summed E-state index contributed by atoms with van der Waals surface area (Å²) in [5.41, 5.74) is 10.6. The highest BCUT2D eigenvalue weighted by molar-refractivity contribution is 14.1. The Balaban J connectivity index is 1.71. The van der Waals surface area contributed by atoms with Crippen molar-refractivity contribution in [1.82, 2.24) is 10.2 Å². The minimum Gasteiger partial charge on any atom is -0.381 e. The van der Waals surface area contributed by atoms with Gasteiger partial charge in [-0.2, -0.15) is 5.10 Å². The lowest BCUT2D eigenvalue weighted by molar-refractivity contribution is 0.960. The van der Waals surface area contributed by atoms with Gasteiger partial charge in [0.05, 0.1) is 9.26 Å². The van der Waals surface area contributed by atoms with Gasteiger partial charge >= 0.3 is 0 Å². The molecule has 21 heavy (non-hydrogen) atoms. The quantitative estimate of drug-likeness (QED) is 0.662. The third-order valence-electron chi connectivity index (χ3n) is 3.52. The molecule has 106 valence electrons. The fraction of sp³-hybridized carbons (Fsp3) is 0.118. The summed E-state index contributed by atoms with van der Waals surface area (Å²) in [6.45, 7) is 0. The van der Waals surface area contributed by atoms with Crippen molar-refractivity contribution in [2.45, 2.75) is 12.8 Å². The van der Waals surface area contributed by atoms with Crippen molar-refractivity contribution in [3.8, 4) is 11.3 Å². The van der Waals surface area contributed by atoms with E-state index in [1.54, 1.807) is 0 Å². The summed E-state index contributed by atoms with van der Waals surface area (Å²) >= 11 is 2.22. The fourth-order valence-electron chi connectivity index (χ4n) is 2.31. The molecule has 4 heteroatoms. The molecule has 3 nitrogen and oxygen atoms in total. The fourth-order valence-corrected chi connectivity index (χ4v) is 2.86. The minimum atomic E-state index is 0.554. The maximum absolute atomic E-state index is 5.77. The van der Waals surface area contributed by atoms with Crippen molar-refractivity contribution in [2.24, 2.45) is 0 Å². The van der Waals surface area contributed by atoms with Crippen molar-refractivity contribution in [2.75, 3.05) is 5.73 Å². The minimum absolute atomic E-state index is 0.554. The highest BCUT2D eigenvalue weighted by Crippen LogP contribution is 2.26. The molecule has 1 aromatic heterocycles. The standard InChI is InChI=1S/C17H16IN3/c18-15-16(20-21-17(15)19)14-10-8-13(9-11-14)7-6-12-4-2-1-3-5-12/h1-5,8-11H,6-7H2,(H3,19,20,21). The van der Waals surface area contributed by atoms with Crippen LogP contribution in [0, 0.1) is 3.57 Å². The Hall–Kier alpha value is -1.82. The number of aromatic amines is 1. The zero-order chi connectivity index (χ0) is 14.7. The SMILES string of the molecule is Nc1n[nH]c(-c2ccc(CCc3ccccc3)cc2)c1I. The monoisotopic (exact) mass is 389 g/mol. The number of benzene rings is 2. The van der Waals surface area contributed by atoms with Crippen LogP contribution in [0.2, 0.25) is 0 Å². The molecule has 2 aromatic carbocycles. The number of nitrogen functional groups attached to an aromatic ring is 1. The van der Waals surface area contributed by atoms with E-state index in [0.717, 1.165) is 27.7 Å². The Bertz CT molecular complexity index is 718. The lowest BCUT2D eigenvalue weighted by atomic mass is 10.0. The number of halogens is 1. The third kappa shape index (κ3) is 3.26. The second-order valence-electron chi connectivity index (χ2n) is 4.98. The molecule has 0 atom stereocenters. The van der Waals surface area contributed by atoms with Crippen LogP contribution in [-0.4, -0.2) is 10.2 Å². The molecule has 0 fully saturated rings. The number of nitrogens with one attached hydrogen (secondary N) is 1. The van der Waals surface area contributed by atoms with Crippen LogP contribution in [0.1, 0.15) is 11.1 Å². The number of aryl methyl sites for hydroxylation is 2. The van der Waals surface area contributed by atoms with Gasteiger partial charge < -0.3 is 5.73 Å². The number of nitrogens with zero attached hydrogens (tertiary/aromatic N) is 1. The molecule has 0 spiro atoms. The van der Waals surface area contributed by atoms with Crippen molar-refractivity contribution in [1.29, 1.82) is 0 Å². The van der Waals surface area contributed by atoms with E-state index < -0.39 is 0 Å². The predicted molar refractivity (Wildman–Crippen MR) is 95.0 cm³/mol. The Morgan fingerprint density at radius 1 is 0.905 bits per heavy atom. The maximum atomic E-state index is 5.77. The predicted octanol–water partition coefficient (Wildman–Crippen LogP) is 4.05. The Morgan fingerprint density at radius 2 is 1.52 bits per heavy atom. The normalized spacial score (nSPS) is 10.7. The first-order valence-electron chi connectivity index (χ1n) is 6.86. The lowest BCUT2D eigenvalue weighted by Crippen LogP contribution is -1.91. The summed E-state index contributed by atoms with van der Waals surface area (Å²) < 4.78 is 0.977. The van der Waals surface area contributed by atoms with Gasteiger partial charge in [0, 0.05) is 5.56 Å². The van der Waals surface area contributed by atoms with E-state index in [-0.39, 0.29) is 0 Å². The van der Waals surface area contributed by atoms with Crippen molar-refractivity contribution in [3.63, 3.8) is 0 Å². The molecule has 0 radical (unpaired) electrons. The van der Waals surface area contributed by atoms with E-state index in [9.17, 15) is 0 Å². The average molecular weight is 389 g/mol. The first kappa shape index (κ1) is 14.1. The van der Waals surface area contributed by atoms with Crippen LogP contribution in [0.4, 0.5) is 5.82 Å². The Kier molecular flexibility index (Phi) is 4.24. The first-order chi connectivity index (χ1) is 10.2. The molecule has 3 rings (SSSR count). The topological polar surface area (TPSA) is 54.7 Å². The summed E-state index contributed by atoms with van der Waals surface area (Å²) in [7, 11) is 0. The molecule has 0 saturated heterocycles. The van der Waals surface area contributed by atoms with E-state index in [1.165, 1.54) is 11.1 Å². The van der Waals surface area contributed by atoms with E-state index >= 15 is 0 Å². The molecule has 1 heterocycles. The summed E-state index contributed by atoms with van der Waals surface area (Å²) in [5, 5.41) is 7.02. The number of hydrogen-bond donors (Lipinski definition) is 2. The third-order valence-corrected chi connectivity index (χ3v) is 4.61. The number of nitrogens with two attached hydrogens (primary N) is 1. The van der Waals surface area contributed by atoms with Crippen LogP contribution < -0.4 is 5.73 Å². The van der Waals surface area contributed by atoms with Gasteiger partial charge in [-0.15, -0.1) is 0 Å². The van der Waals surface area contributed by atoms with Gasteiger partial charge in [0.2, 0.25) is 0 Å². The van der Waals surface area contributed by atoms with Gasteiger partial charge in [-0.1, -0.05) is 54.6 Å². The van der Waals surface area contributed by atoms with Crippen molar-refractivity contribution < 1.29 is 0 Å². The number of anilines is 1. The van der Waals surface area contributed by atoms with Gasteiger partial charge in [0.1, 0.15) is 0 Å². The van der Waals surface area contributed by atoms with Crippen LogP contribution in [0.25, 0.3) is 11.3 Å². The molecule has 0 bridgehead atoms. The summed E-state index contributed by atoms with van der Waals surface area (Å²) in [6, 6.07) is 19.2. The highest BCUT2D eigenvalue weighted by Gasteiger charge is 2.09. The molecule has 0 aliphatic heterocycles. The van der Waals surface area contributed by atoms with Gasteiger partial charge in [0.15, 0.2) is 5.82 Å². The summed E-state index contributed by atoms with van der Waals surface area (Å²) in [5.74, 6) is 0.554. The van der Waals surface area contributed by atoms with Crippen LogP contribution in [0.5, 0.6) is 0 Å². The van der Waals surface area contributed by atoms with E-state index in [2.05, 4.69) is 87.4 Å². The zero-order valence-corrected chi connectivity index (χ0v) is 13.7. The molecule has 0 aliphatic rings. The molecular formula is C17H16IN3. The molecule has 0 aliphatic carbocycles. The second-order valence-corrected chi connectivity index (χ2v) is 6.06. The molecule has 0 unspecified atom stereocenters. The van der Waals surface area contributed by atoms with E-state index in [4.69, 9.17) is 5.73 Å². The zero-order valence-electron chi connectivity index (χ0n) is 11.5. The van der Waals surface area contributed by atoms with Gasteiger partial charge in [-0.3, -0.25) is 5.10 Å². The molecule has 0 amide bonds. The number of aromatic nitrogens is 2. The molecular weight excluding hydrogens is 373 g/mol. The Morgan fingerprint density at radius 3 is 2.10 bits per heavy atom. The van der Waals surface area contributed by atoms with Gasteiger partial charge in [0.25, 0.3) is 0 Å². The molecule has 3 N–H and O–H groups in total. The maximum Gasteiger partial charge on any atom is 0.159 e. The number of hydrogen-bond acceptors (Lipinski definition) is 2. The van der Waals surface area contributed by atoms with Crippen LogP contribution in [0.3, 0.4) is 0 Å². The smallest absolute Gasteiger partial charge is 0.159 e. The van der Waals surface area contributed by atoms with Gasteiger partial charge in [-0.05, 0) is 46.6 Å². The molecule has 3 aromatic rings. The van der Waals surface area contributed by atoms with E-state index in [0.29, 0.717) is 5.82 Å². The highest BCUT2D eigenvalue weighted by atomic mass is 127. The molecule has 0 saturated carbocycles. The number of rotatable bonds is 4. The lowest BCUT2D eigenvalue weighted by Gasteiger charge is -2.04. The summed E-state index contributed by atoms with van der Waals surface area (Å²) in [4.78, 5) is 0. The van der Waals surface area contributed by atoms with Gasteiger partial charge in [-0.25, -0.2) is 0 Å². The van der Waals surface area contributed by atoms with E-state index in [1.807, 2.05) is 0 Å². The summed E-state index contributed by atoms with van der Waals surface area (Å²) in [6.07, 6.45) is 2.11. The van der Waals surface area contributed by atoms with Crippen LogP contribution in [-0.2, 0) is 12.8 Å². The Labute approximate surface area is 137 Å². The van der Waals surface area contributed by atoms with Crippen LogP contribution >= 0.6 is 22.6 Å². The largest absolute Gasteiger partial charge is 0.381 e. The van der Waals surface area contributed by atoms with Crippen molar-refractivity contribution >= 4 is 28.4 Å². The average Bonchev–Trinajstić information content (AvgIpc) is 2.87. The second kappa shape index (κ2) is 6.30. The first-order valence-corrected chi connectivity index (χ1v) is 7.94. The van der Waals surface area contributed by atoms with Crippen LogP contribution in [0.15, 0.2) is 54.6 Å². The van der Waals surface area contributed by atoms with Crippen molar-refractivity contribution in [3.05, 3.63) is 69.3 Å². The number of H-pyrrole nitrogens is 1.